The molecule has 0 fully saturated rings. The smallest absolute Gasteiger partial charge is 0.357 e. The van der Waals surface area contributed by atoms with Gasteiger partial charge in [-0.1, -0.05) is 23.7 Å². The third-order valence-corrected chi connectivity index (χ3v) is 4.37. The van der Waals surface area contributed by atoms with Crippen molar-refractivity contribution in [3.8, 4) is 0 Å². The van der Waals surface area contributed by atoms with Crippen LogP contribution in [0.4, 0.5) is 13.2 Å². The summed E-state index contributed by atoms with van der Waals surface area (Å²) >= 11 is 6.83. The molecule has 0 saturated heterocycles. The van der Waals surface area contributed by atoms with E-state index in [-0.39, 0.29) is 12.6 Å². The van der Waals surface area contributed by atoms with E-state index in [0.717, 1.165) is 22.3 Å². The van der Waals surface area contributed by atoms with E-state index in [9.17, 15) is 13.2 Å². The Bertz CT molecular complexity index is 713. The lowest BCUT2D eigenvalue weighted by Gasteiger charge is -2.18. The van der Waals surface area contributed by atoms with Crippen LogP contribution in [0.3, 0.4) is 0 Å². The van der Waals surface area contributed by atoms with E-state index in [4.69, 9.17) is 11.6 Å². The maximum atomic E-state index is 12.6. The second kappa shape index (κ2) is 8.53. The number of aromatic nitrogens is 1. The number of hydrogen-bond acceptors (Lipinski definition) is 3. The maximum Gasteiger partial charge on any atom is 0.434 e. The first-order valence-corrected chi connectivity index (χ1v) is 8.87. The summed E-state index contributed by atoms with van der Waals surface area (Å²) in [6, 6.07) is 7.36. The summed E-state index contributed by atoms with van der Waals surface area (Å²) in [6.07, 6.45) is -4.43. The highest BCUT2D eigenvalue weighted by Crippen LogP contribution is 2.30. The summed E-state index contributed by atoms with van der Waals surface area (Å²) in [7, 11) is 0. The highest BCUT2D eigenvalue weighted by atomic mass is 35.5. The third-order valence-electron chi connectivity index (χ3n) is 3.28. The number of halogens is 4. The van der Waals surface area contributed by atoms with E-state index in [2.05, 4.69) is 20.6 Å². The molecule has 136 valence electrons. The molecule has 2 N–H and O–H groups in total. The van der Waals surface area contributed by atoms with E-state index < -0.39 is 11.9 Å². The van der Waals surface area contributed by atoms with Crippen molar-refractivity contribution >= 4 is 28.9 Å². The second-order valence-corrected chi connectivity index (χ2v) is 6.62. The topological polar surface area (TPSA) is 49.3 Å². The summed E-state index contributed by atoms with van der Waals surface area (Å²) in [6.45, 7) is 4.57. The van der Waals surface area contributed by atoms with E-state index in [1.165, 1.54) is 0 Å². The van der Waals surface area contributed by atoms with Crippen LogP contribution in [0.1, 0.15) is 36.2 Å². The molecule has 1 aromatic carbocycles. The molecule has 0 aliphatic rings. The van der Waals surface area contributed by atoms with Crippen molar-refractivity contribution in [2.24, 2.45) is 4.99 Å². The van der Waals surface area contributed by atoms with Gasteiger partial charge in [-0.05, 0) is 31.5 Å². The molecule has 2 rings (SSSR count). The van der Waals surface area contributed by atoms with E-state index in [1.807, 2.05) is 26.0 Å². The number of aliphatic imine (C=N–C) groups is 1. The van der Waals surface area contributed by atoms with Crippen molar-refractivity contribution in [1.29, 1.82) is 0 Å². The molecule has 0 amide bonds. The Balaban J connectivity index is 2.05. The van der Waals surface area contributed by atoms with Crippen LogP contribution in [-0.2, 0) is 12.7 Å². The molecule has 2 aromatic rings. The third kappa shape index (κ3) is 5.89. The molecule has 0 radical (unpaired) electrons. The van der Waals surface area contributed by atoms with Gasteiger partial charge < -0.3 is 10.6 Å². The molecule has 0 spiro atoms. The average molecular weight is 391 g/mol. The fourth-order valence-corrected chi connectivity index (χ4v) is 2.87. The van der Waals surface area contributed by atoms with Gasteiger partial charge in [0.25, 0.3) is 0 Å². The van der Waals surface area contributed by atoms with Gasteiger partial charge in [0.1, 0.15) is 5.01 Å². The van der Waals surface area contributed by atoms with Crippen LogP contribution in [0, 0.1) is 0 Å². The van der Waals surface area contributed by atoms with Crippen LogP contribution < -0.4 is 10.6 Å². The molecule has 0 aliphatic carbocycles. The first-order valence-electron chi connectivity index (χ1n) is 7.61. The monoisotopic (exact) mass is 390 g/mol. The Morgan fingerprint density at radius 2 is 2.00 bits per heavy atom. The zero-order valence-corrected chi connectivity index (χ0v) is 15.3. The SMILES string of the molecule is CCNC(=NCc1nc(C(F)(F)F)cs1)NC(C)c1ccc(Cl)cc1. The minimum Gasteiger partial charge on any atom is -0.357 e. The number of rotatable bonds is 5. The van der Waals surface area contributed by atoms with Gasteiger partial charge in [-0.2, -0.15) is 13.2 Å². The lowest BCUT2D eigenvalue weighted by molar-refractivity contribution is -0.140. The van der Waals surface area contributed by atoms with Crippen molar-refractivity contribution in [3.63, 3.8) is 0 Å². The first kappa shape index (κ1) is 19.5. The van der Waals surface area contributed by atoms with Crippen molar-refractivity contribution in [3.05, 3.63) is 50.9 Å². The predicted octanol–water partition coefficient (Wildman–Crippen LogP) is 4.63. The molecular weight excluding hydrogens is 373 g/mol. The van der Waals surface area contributed by atoms with Crippen LogP contribution in [0.5, 0.6) is 0 Å². The molecule has 1 unspecified atom stereocenters. The summed E-state index contributed by atoms with van der Waals surface area (Å²) in [5, 5.41) is 8.24. The Kier molecular flexibility index (Phi) is 6.66. The van der Waals surface area contributed by atoms with Gasteiger partial charge in [0, 0.05) is 16.9 Å². The normalized spacial score (nSPS) is 13.6. The molecule has 4 nitrogen and oxygen atoms in total. The lowest BCUT2D eigenvalue weighted by atomic mass is 10.1. The molecule has 1 atom stereocenters. The van der Waals surface area contributed by atoms with Crippen molar-refractivity contribution in [2.45, 2.75) is 32.6 Å². The number of guanidine groups is 1. The van der Waals surface area contributed by atoms with Crippen LogP contribution in [0.15, 0.2) is 34.6 Å². The zero-order chi connectivity index (χ0) is 18.4. The number of thiazole rings is 1. The highest BCUT2D eigenvalue weighted by molar-refractivity contribution is 7.09. The zero-order valence-electron chi connectivity index (χ0n) is 13.7. The van der Waals surface area contributed by atoms with Crippen LogP contribution in [0.2, 0.25) is 5.02 Å². The Hall–Kier alpha value is -1.80. The summed E-state index contributed by atoms with van der Waals surface area (Å²) in [5.41, 5.74) is 0.138. The van der Waals surface area contributed by atoms with Crippen LogP contribution in [0.25, 0.3) is 0 Å². The summed E-state index contributed by atoms with van der Waals surface area (Å²) in [5.74, 6) is 0.508. The molecule has 1 heterocycles. The standard InChI is InChI=1S/C16H18ClF3N4S/c1-3-21-15(23-10(2)11-4-6-12(17)7-5-11)22-8-14-24-13(9-25-14)16(18,19)20/h4-7,9-10H,3,8H2,1-2H3,(H2,21,22,23). The number of nitrogens with zero attached hydrogens (tertiary/aromatic N) is 2. The average Bonchev–Trinajstić information content (AvgIpc) is 3.02. The largest absolute Gasteiger partial charge is 0.434 e. The predicted molar refractivity (Wildman–Crippen MR) is 94.9 cm³/mol. The molecule has 25 heavy (non-hydrogen) atoms. The van der Waals surface area contributed by atoms with E-state index >= 15 is 0 Å². The fourth-order valence-electron chi connectivity index (χ4n) is 2.02. The van der Waals surface area contributed by atoms with E-state index in [0.29, 0.717) is 22.5 Å². The Labute approximate surface area is 153 Å². The fraction of sp³-hybridized carbons (Fsp3) is 0.375. The van der Waals surface area contributed by atoms with Crippen LogP contribution in [-0.4, -0.2) is 17.5 Å². The van der Waals surface area contributed by atoms with Gasteiger partial charge in [-0.3, -0.25) is 0 Å². The minimum absolute atomic E-state index is 0.0444. The van der Waals surface area contributed by atoms with Crippen molar-refractivity contribution in [2.75, 3.05) is 6.54 Å². The summed E-state index contributed by atoms with van der Waals surface area (Å²) in [4.78, 5) is 7.89. The molecular formula is C16H18ClF3N4S. The Morgan fingerprint density at radius 3 is 2.56 bits per heavy atom. The minimum atomic E-state index is -4.43. The molecule has 0 bridgehead atoms. The van der Waals surface area contributed by atoms with Gasteiger partial charge in [0.2, 0.25) is 0 Å². The van der Waals surface area contributed by atoms with Crippen molar-refractivity contribution in [1.82, 2.24) is 15.6 Å². The highest BCUT2D eigenvalue weighted by Gasteiger charge is 2.33. The quantitative estimate of drug-likeness (QED) is 0.578. The number of benzene rings is 1. The van der Waals surface area contributed by atoms with Gasteiger partial charge >= 0.3 is 6.18 Å². The Morgan fingerprint density at radius 1 is 1.32 bits per heavy atom. The number of alkyl halides is 3. The van der Waals surface area contributed by atoms with E-state index in [1.54, 1.807) is 12.1 Å². The molecule has 0 saturated carbocycles. The van der Waals surface area contributed by atoms with Crippen LogP contribution >= 0.6 is 22.9 Å². The van der Waals surface area contributed by atoms with Gasteiger partial charge in [-0.15, -0.1) is 11.3 Å². The maximum absolute atomic E-state index is 12.6. The van der Waals surface area contributed by atoms with Gasteiger partial charge in [0.15, 0.2) is 11.7 Å². The summed E-state index contributed by atoms with van der Waals surface area (Å²) < 4.78 is 37.7. The number of hydrogen-bond donors (Lipinski definition) is 2. The van der Waals surface area contributed by atoms with Crippen molar-refractivity contribution < 1.29 is 13.2 Å². The number of nitrogens with one attached hydrogen (secondary N) is 2. The van der Waals surface area contributed by atoms with Gasteiger partial charge in [-0.25, -0.2) is 9.98 Å². The molecule has 0 aliphatic heterocycles. The molecule has 1 aromatic heterocycles. The first-order chi connectivity index (χ1) is 11.8. The van der Waals surface area contributed by atoms with Gasteiger partial charge in [0.05, 0.1) is 12.6 Å². The molecule has 9 heteroatoms. The second-order valence-electron chi connectivity index (χ2n) is 5.24. The lowest BCUT2D eigenvalue weighted by Crippen LogP contribution is -2.38.